The first-order valence-corrected chi connectivity index (χ1v) is 8.32. The van der Waals surface area contributed by atoms with Crippen LogP contribution in [0.5, 0.6) is 0 Å². The van der Waals surface area contributed by atoms with Crippen LogP contribution in [-0.2, 0) is 22.4 Å². The molecule has 0 aliphatic heterocycles. The van der Waals surface area contributed by atoms with Crippen molar-refractivity contribution in [3.63, 3.8) is 0 Å². The lowest BCUT2D eigenvalue weighted by atomic mass is 9.89. The van der Waals surface area contributed by atoms with E-state index in [-0.39, 0.29) is 13.0 Å². The molecule has 2 aromatic rings. The molecule has 0 saturated carbocycles. The number of carbonyl (C=O) groups is 1. The Morgan fingerprint density at radius 3 is 2.61 bits per heavy atom. The zero-order valence-electron chi connectivity index (χ0n) is 12.9. The summed E-state index contributed by atoms with van der Waals surface area (Å²) >= 11 is -2.43. The van der Waals surface area contributed by atoms with E-state index in [9.17, 15) is 18.7 Å². The lowest BCUT2D eigenvalue weighted by molar-refractivity contribution is -0.147. The molecule has 1 aromatic heterocycles. The maximum atomic E-state index is 11.4. The van der Waals surface area contributed by atoms with Gasteiger partial charge in [0.2, 0.25) is 0 Å². The minimum Gasteiger partial charge on any atom is -0.772 e. The van der Waals surface area contributed by atoms with Crippen molar-refractivity contribution in [2.75, 3.05) is 5.75 Å². The van der Waals surface area contributed by atoms with E-state index in [0.717, 1.165) is 17.0 Å². The molecule has 124 valence electrons. The largest absolute Gasteiger partial charge is 0.772 e. The first kappa shape index (κ1) is 17.3. The van der Waals surface area contributed by atoms with Crippen LogP contribution in [0.15, 0.2) is 30.3 Å². The molecule has 0 aliphatic rings. The van der Waals surface area contributed by atoms with Gasteiger partial charge in [-0.15, -0.1) is 5.10 Å². The van der Waals surface area contributed by atoms with Crippen LogP contribution in [0.25, 0.3) is 11.3 Å². The lowest BCUT2D eigenvalue weighted by Crippen LogP contribution is -2.34. The molecule has 2 atom stereocenters. The lowest BCUT2D eigenvalue weighted by Gasteiger charge is -2.25. The van der Waals surface area contributed by atoms with Gasteiger partial charge in [0.05, 0.1) is 16.8 Å². The van der Waals surface area contributed by atoms with Gasteiger partial charge in [-0.1, -0.05) is 46.6 Å². The monoisotopic (exact) mass is 336 g/mol. The van der Waals surface area contributed by atoms with Gasteiger partial charge in [-0.05, 0) is 20.3 Å². The van der Waals surface area contributed by atoms with E-state index in [1.807, 2.05) is 37.3 Å². The number of rotatable bonds is 7. The quantitative estimate of drug-likeness (QED) is 0.770. The summed E-state index contributed by atoms with van der Waals surface area (Å²) in [6.07, 6.45) is 0.138. The predicted molar refractivity (Wildman–Crippen MR) is 84.3 cm³/mol. The molecule has 0 saturated heterocycles. The summed E-state index contributed by atoms with van der Waals surface area (Å²) in [5.41, 5.74) is 1.11. The predicted octanol–water partition coefficient (Wildman–Crippen LogP) is 1.61. The number of hydrogen-bond donors (Lipinski definition) is 1. The van der Waals surface area contributed by atoms with E-state index in [1.54, 1.807) is 4.68 Å². The minimum atomic E-state index is -2.43. The van der Waals surface area contributed by atoms with Crippen molar-refractivity contribution in [3.8, 4) is 11.3 Å². The van der Waals surface area contributed by atoms with Crippen LogP contribution < -0.4 is 0 Å². The average Bonchev–Trinajstić information content (AvgIpc) is 2.86. The number of aryl methyl sites for hydroxylation is 2. The van der Waals surface area contributed by atoms with Gasteiger partial charge in [0, 0.05) is 17.9 Å². The van der Waals surface area contributed by atoms with Gasteiger partial charge in [0.15, 0.2) is 0 Å². The Morgan fingerprint density at radius 2 is 2.04 bits per heavy atom. The number of aromatic nitrogens is 3. The Kier molecular flexibility index (Phi) is 5.27. The van der Waals surface area contributed by atoms with E-state index in [4.69, 9.17) is 0 Å². The summed E-state index contributed by atoms with van der Waals surface area (Å²) < 4.78 is 23.5. The van der Waals surface area contributed by atoms with Crippen molar-refractivity contribution < 1.29 is 18.7 Å². The van der Waals surface area contributed by atoms with Gasteiger partial charge in [0.25, 0.3) is 0 Å². The Hall–Kier alpha value is -2.06. The average molecular weight is 336 g/mol. The number of benzene rings is 1. The molecule has 7 nitrogen and oxygen atoms in total. The first-order chi connectivity index (χ1) is 10.8. The molecule has 2 rings (SSSR count). The first-order valence-electron chi connectivity index (χ1n) is 7.08. The van der Waals surface area contributed by atoms with Crippen LogP contribution in [0.3, 0.4) is 0 Å². The molecular weight excluding hydrogens is 318 g/mol. The molecule has 0 spiro atoms. The highest BCUT2D eigenvalue weighted by molar-refractivity contribution is 7.79. The topological polar surface area (TPSA) is 108 Å². The van der Waals surface area contributed by atoms with Gasteiger partial charge in [-0.2, -0.15) is 0 Å². The number of nitrogens with zero attached hydrogens (tertiary/aromatic N) is 3. The SMILES string of the molecule is Cc1nnn(CC[C@@](C)(CS(=O)[O-])C(=O)O)c1-c1ccccc1. The second-order valence-electron chi connectivity index (χ2n) is 5.68. The second kappa shape index (κ2) is 7.01. The van der Waals surface area contributed by atoms with Gasteiger partial charge in [-0.25, -0.2) is 4.68 Å². The third kappa shape index (κ3) is 4.02. The molecule has 1 heterocycles. The summed E-state index contributed by atoms with van der Waals surface area (Å²) in [6, 6.07) is 9.54. The molecule has 0 bridgehead atoms. The van der Waals surface area contributed by atoms with Crippen molar-refractivity contribution in [2.45, 2.75) is 26.8 Å². The Balaban J connectivity index is 2.24. The highest BCUT2D eigenvalue weighted by Gasteiger charge is 2.33. The number of carboxylic acids is 1. The molecular formula is C15H18N3O4S-. The maximum absolute atomic E-state index is 11.4. The zero-order valence-corrected chi connectivity index (χ0v) is 13.7. The molecule has 0 radical (unpaired) electrons. The summed E-state index contributed by atoms with van der Waals surface area (Å²) in [7, 11) is 0. The normalized spacial score (nSPS) is 15.1. The van der Waals surface area contributed by atoms with E-state index >= 15 is 0 Å². The van der Waals surface area contributed by atoms with Gasteiger partial charge < -0.3 is 9.66 Å². The molecule has 1 aromatic carbocycles. The van der Waals surface area contributed by atoms with E-state index in [2.05, 4.69) is 10.3 Å². The molecule has 0 amide bonds. The van der Waals surface area contributed by atoms with Crippen molar-refractivity contribution in [3.05, 3.63) is 36.0 Å². The van der Waals surface area contributed by atoms with E-state index in [1.165, 1.54) is 6.92 Å². The highest BCUT2D eigenvalue weighted by Crippen LogP contribution is 2.27. The van der Waals surface area contributed by atoms with Gasteiger partial charge >= 0.3 is 5.97 Å². The standard InChI is InChI=1S/C15H19N3O4S/c1-11-13(12-6-4-3-5-7-12)18(17-16-11)9-8-15(2,14(19)20)10-23(21)22/h3-7H,8-10H2,1-2H3,(H,19,20)(H,21,22)/p-1/t15-/m0/s1. The summed E-state index contributed by atoms with van der Waals surface area (Å²) in [6.45, 7) is 3.52. The summed E-state index contributed by atoms with van der Waals surface area (Å²) in [4.78, 5) is 11.4. The fraction of sp³-hybridized carbons (Fsp3) is 0.400. The van der Waals surface area contributed by atoms with Gasteiger partial charge in [-0.3, -0.25) is 9.00 Å². The fourth-order valence-corrected chi connectivity index (χ4v) is 3.15. The maximum Gasteiger partial charge on any atom is 0.310 e. The Morgan fingerprint density at radius 1 is 1.39 bits per heavy atom. The fourth-order valence-electron chi connectivity index (χ4n) is 2.36. The zero-order chi connectivity index (χ0) is 17.0. The van der Waals surface area contributed by atoms with Crippen LogP contribution in [0.4, 0.5) is 0 Å². The van der Waals surface area contributed by atoms with E-state index < -0.39 is 28.2 Å². The van der Waals surface area contributed by atoms with Crippen LogP contribution in [0.2, 0.25) is 0 Å². The summed E-state index contributed by atoms with van der Waals surface area (Å²) in [5, 5.41) is 17.4. The molecule has 0 fully saturated rings. The van der Waals surface area contributed by atoms with Crippen LogP contribution in [0, 0.1) is 12.3 Å². The Labute approximate surface area is 136 Å². The molecule has 8 heteroatoms. The minimum absolute atomic E-state index is 0.138. The molecule has 1 N–H and O–H groups in total. The third-order valence-corrected chi connectivity index (χ3v) is 4.65. The van der Waals surface area contributed by atoms with Crippen LogP contribution in [0.1, 0.15) is 19.0 Å². The molecule has 0 aliphatic carbocycles. The molecule has 23 heavy (non-hydrogen) atoms. The van der Waals surface area contributed by atoms with Crippen molar-refractivity contribution >= 4 is 17.0 Å². The highest BCUT2D eigenvalue weighted by atomic mass is 32.2. The van der Waals surface area contributed by atoms with Crippen molar-refractivity contribution in [2.24, 2.45) is 5.41 Å². The summed E-state index contributed by atoms with van der Waals surface area (Å²) in [5.74, 6) is -1.57. The van der Waals surface area contributed by atoms with Gasteiger partial charge in [0.1, 0.15) is 0 Å². The van der Waals surface area contributed by atoms with Crippen molar-refractivity contribution in [1.82, 2.24) is 15.0 Å². The van der Waals surface area contributed by atoms with Crippen LogP contribution >= 0.6 is 0 Å². The smallest absolute Gasteiger partial charge is 0.310 e. The molecule has 1 unspecified atom stereocenters. The second-order valence-corrected chi connectivity index (χ2v) is 6.57. The van der Waals surface area contributed by atoms with Crippen LogP contribution in [-0.4, -0.2) is 40.6 Å². The third-order valence-electron chi connectivity index (χ3n) is 3.78. The van der Waals surface area contributed by atoms with Crippen molar-refractivity contribution in [1.29, 1.82) is 0 Å². The Bertz CT molecular complexity index is 717. The van der Waals surface area contributed by atoms with E-state index in [0.29, 0.717) is 0 Å². The number of carboxylic acid groups (broad SMARTS) is 1. The number of aliphatic carboxylic acids is 1. The number of hydrogen-bond acceptors (Lipinski definition) is 5.